The van der Waals surface area contributed by atoms with Crippen LogP contribution in [0.15, 0.2) is 42.5 Å². The molecule has 0 saturated carbocycles. The van der Waals surface area contributed by atoms with Crippen molar-refractivity contribution in [1.29, 1.82) is 0 Å². The summed E-state index contributed by atoms with van der Waals surface area (Å²) in [6, 6.07) is 14.0. The van der Waals surface area contributed by atoms with Gasteiger partial charge in [0, 0.05) is 5.69 Å². The van der Waals surface area contributed by atoms with Crippen molar-refractivity contribution >= 4 is 34.4 Å². The van der Waals surface area contributed by atoms with E-state index in [1.807, 2.05) is 67.1 Å². The summed E-state index contributed by atoms with van der Waals surface area (Å²) in [5, 5.41) is 3.06. The highest BCUT2D eigenvalue weighted by atomic mass is 32.2. The van der Waals surface area contributed by atoms with Crippen molar-refractivity contribution in [1.82, 2.24) is 9.55 Å². The molecule has 4 nitrogen and oxygen atoms in total. The van der Waals surface area contributed by atoms with E-state index in [1.54, 1.807) is 11.8 Å². The SMILES string of the molecule is CSCc1nc2ccccc2n1CC(=O)Nc1c(C)cccc1C. The number of carbonyl (C=O) groups is 1. The van der Waals surface area contributed by atoms with E-state index in [2.05, 4.69) is 10.3 Å². The van der Waals surface area contributed by atoms with Gasteiger partial charge < -0.3 is 9.88 Å². The predicted molar refractivity (Wildman–Crippen MR) is 101 cm³/mol. The Morgan fingerprint density at radius 2 is 1.83 bits per heavy atom. The van der Waals surface area contributed by atoms with Crippen molar-refractivity contribution in [3.05, 3.63) is 59.4 Å². The molecule has 0 atom stereocenters. The van der Waals surface area contributed by atoms with E-state index < -0.39 is 0 Å². The molecule has 0 bridgehead atoms. The number of carbonyl (C=O) groups excluding carboxylic acids is 1. The molecule has 0 aliphatic rings. The van der Waals surface area contributed by atoms with Gasteiger partial charge in [-0.15, -0.1) is 0 Å². The van der Waals surface area contributed by atoms with Crippen molar-refractivity contribution in [3.63, 3.8) is 0 Å². The van der Waals surface area contributed by atoms with Gasteiger partial charge in [-0.2, -0.15) is 11.8 Å². The summed E-state index contributed by atoms with van der Waals surface area (Å²) in [5.41, 5.74) is 4.98. The van der Waals surface area contributed by atoms with Gasteiger partial charge in [0.2, 0.25) is 5.91 Å². The quantitative estimate of drug-likeness (QED) is 0.759. The Morgan fingerprint density at radius 3 is 2.54 bits per heavy atom. The first-order chi connectivity index (χ1) is 11.6. The molecule has 1 amide bonds. The molecule has 0 saturated heterocycles. The van der Waals surface area contributed by atoms with Crippen molar-refractivity contribution < 1.29 is 4.79 Å². The number of benzene rings is 2. The molecule has 1 heterocycles. The van der Waals surface area contributed by atoms with E-state index in [4.69, 9.17) is 0 Å². The van der Waals surface area contributed by atoms with Gasteiger partial charge in [-0.05, 0) is 43.4 Å². The summed E-state index contributed by atoms with van der Waals surface area (Å²) in [6.45, 7) is 4.28. The number of anilines is 1. The highest BCUT2D eigenvalue weighted by Gasteiger charge is 2.14. The number of nitrogens with zero attached hydrogens (tertiary/aromatic N) is 2. The van der Waals surface area contributed by atoms with Gasteiger partial charge in [-0.1, -0.05) is 30.3 Å². The molecule has 1 aromatic heterocycles. The summed E-state index contributed by atoms with van der Waals surface area (Å²) in [5.74, 6) is 1.68. The molecule has 0 aliphatic heterocycles. The summed E-state index contributed by atoms with van der Waals surface area (Å²) in [6.07, 6.45) is 2.04. The molecule has 1 N–H and O–H groups in total. The van der Waals surface area contributed by atoms with E-state index >= 15 is 0 Å². The lowest BCUT2D eigenvalue weighted by Crippen LogP contribution is -2.21. The van der Waals surface area contributed by atoms with Crippen LogP contribution >= 0.6 is 11.8 Å². The van der Waals surface area contributed by atoms with Crippen LogP contribution in [0.25, 0.3) is 11.0 Å². The average Bonchev–Trinajstić information content (AvgIpc) is 2.89. The molecule has 124 valence electrons. The first kappa shape index (κ1) is 16.6. The highest BCUT2D eigenvalue weighted by molar-refractivity contribution is 7.97. The maximum Gasteiger partial charge on any atom is 0.244 e. The molecular weight excluding hydrogens is 318 g/mol. The first-order valence-corrected chi connectivity index (χ1v) is 9.28. The molecule has 5 heteroatoms. The molecule has 2 aromatic carbocycles. The summed E-state index contributed by atoms with van der Waals surface area (Å²) < 4.78 is 2.01. The molecule has 0 radical (unpaired) electrons. The number of imidazole rings is 1. The fourth-order valence-corrected chi connectivity index (χ4v) is 3.35. The largest absolute Gasteiger partial charge is 0.324 e. The smallest absolute Gasteiger partial charge is 0.244 e. The van der Waals surface area contributed by atoms with Crippen LogP contribution in [0.2, 0.25) is 0 Å². The Balaban J connectivity index is 1.89. The first-order valence-electron chi connectivity index (χ1n) is 7.89. The molecule has 0 unspecified atom stereocenters. The van der Waals surface area contributed by atoms with Crippen LogP contribution in [-0.2, 0) is 17.1 Å². The average molecular weight is 339 g/mol. The van der Waals surface area contributed by atoms with E-state index in [0.717, 1.165) is 39.4 Å². The van der Waals surface area contributed by atoms with Gasteiger partial charge in [0.25, 0.3) is 0 Å². The van der Waals surface area contributed by atoms with Gasteiger partial charge in [-0.25, -0.2) is 4.98 Å². The topological polar surface area (TPSA) is 46.9 Å². The van der Waals surface area contributed by atoms with Gasteiger partial charge >= 0.3 is 0 Å². The third-order valence-electron chi connectivity index (χ3n) is 4.05. The monoisotopic (exact) mass is 339 g/mol. The number of nitrogens with one attached hydrogen (secondary N) is 1. The standard InChI is InChI=1S/C19H21N3OS/c1-13-7-6-8-14(2)19(13)21-18(23)11-22-16-10-5-4-9-15(16)20-17(22)12-24-3/h4-10H,11-12H2,1-3H3,(H,21,23). The Morgan fingerprint density at radius 1 is 1.12 bits per heavy atom. The van der Waals surface area contributed by atoms with Gasteiger partial charge in [0.15, 0.2) is 0 Å². The molecule has 3 rings (SSSR count). The lowest BCUT2D eigenvalue weighted by atomic mass is 10.1. The number of rotatable bonds is 5. The number of fused-ring (bicyclic) bond motifs is 1. The van der Waals surface area contributed by atoms with E-state index in [-0.39, 0.29) is 12.5 Å². The number of hydrogen-bond acceptors (Lipinski definition) is 3. The second-order valence-corrected chi connectivity index (χ2v) is 6.72. The normalized spacial score (nSPS) is 11.0. The van der Waals surface area contributed by atoms with Crippen molar-refractivity contribution in [2.24, 2.45) is 0 Å². The zero-order valence-corrected chi connectivity index (χ0v) is 15.0. The summed E-state index contributed by atoms with van der Waals surface area (Å²) in [4.78, 5) is 17.3. The second kappa shape index (κ2) is 7.09. The van der Waals surface area contributed by atoms with Crippen LogP contribution in [0, 0.1) is 13.8 Å². The van der Waals surface area contributed by atoms with Crippen molar-refractivity contribution in [2.75, 3.05) is 11.6 Å². The molecular formula is C19H21N3OS. The van der Waals surface area contributed by atoms with Gasteiger partial charge in [0.05, 0.1) is 16.8 Å². The number of amides is 1. The molecule has 0 aliphatic carbocycles. The molecule has 24 heavy (non-hydrogen) atoms. The Labute approximate surface area is 146 Å². The Kier molecular flexibility index (Phi) is 4.90. The molecule has 0 spiro atoms. The van der Waals surface area contributed by atoms with Gasteiger partial charge in [-0.3, -0.25) is 4.79 Å². The van der Waals surface area contributed by atoms with Gasteiger partial charge in [0.1, 0.15) is 12.4 Å². The zero-order chi connectivity index (χ0) is 17.1. The van der Waals surface area contributed by atoms with Crippen LogP contribution in [0.4, 0.5) is 5.69 Å². The minimum atomic E-state index is -0.0297. The van der Waals surface area contributed by atoms with E-state index in [0.29, 0.717) is 0 Å². The Hall–Kier alpha value is -2.27. The van der Waals surface area contributed by atoms with Crippen LogP contribution in [-0.4, -0.2) is 21.7 Å². The summed E-state index contributed by atoms with van der Waals surface area (Å²) >= 11 is 1.71. The maximum absolute atomic E-state index is 12.6. The molecule has 0 fully saturated rings. The third kappa shape index (κ3) is 3.31. The van der Waals surface area contributed by atoms with Crippen LogP contribution in [0.3, 0.4) is 0 Å². The lowest BCUT2D eigenvalue weighted by molar-refractivity contribution is -0.116. The van der Waals surface area contributed by atoms with Crippen LogP contribution < -0.4 is 5.32 Å². The number of aromatic nitrogens is 2. The second-order valence-electron chi connectivity index (χ2n) is 5.85. The Bertz CT molecular complexity index is 865. The van der Waals surface area contributed by atoms with Crippen LogP contribution in [0.5, 0.6) is 0 Å². The number of thioether (sulfide) groups is 1. The van der Waals surface area contributed by atoms with E-state index in [9.17, 15) is 4.79 Å². The minimum absolute atomic E-state index is 0.0297. The van der Waals surface area contributed by atoms with Crippen LogP contribution in [0.1, 0.15) is 17.0 Å². The van der Waals surface area contributed by atoms with E-state index in [1.165, 1.54) is 0 Å². The third-order valence-corrected chi connectivity index (χ3v) is 4.60. The van der Waals surface area contributed by atoms with Crippen molar-refractivity contribution in [3.8, 4) is 0 Å². The summed E-state index contributed by atoms with van der Waals surface area (Å²) in [7, 11) is 0. The number of aryl methyl sites for hydroxylation is 2. The molecule has 3 aromatic rings. The van der Waals surface area contributed by atoms with Crippen molar-refractivity contribution in [2.45, 2.75) is 26.1 Å². The fraction of sp³-hybridized carbons (Fsp3) is 0.263. The lowest BCUT2D eigenvalue weighted by Gasteiger charge is -2.13. The number of para-hydroxylation sites is 3. The zero-order valence-electron chi connectivity index (χ0n) is 14.2. The minimum Gasteiger partial charge on any atom is -0.324 e. The fourth-order valence-electron chi connectivity index (χ4n) is 2.88. The predicted octanol–water partition coefficient (Wildman–Crippen LogP) is 4.15. The number of hydrogen-bond donors (Lipinski definition) is 1. The maximum atomic E-state index is 12.6. The highest BCUT2D eigenvalue weighted by Crippen LogP contribution is 2.21.